The molecule has 2 aromatic rings. The molecule has 0 fully saturated rings. The smallest absolute Gasteiger partial charge is 0.347 e. The Bertz CT molecular complexity index is 656. The Labute approximate surface area is 128 Å². The summed E-state index contributed by atoms with van der Waals surface area (Å²) in [6.45, 7) is 8.38. The molecule has 1 N–H and O–H groups in total. The van der Waals surface area contributed by atoms with Crippen molar-refractivity contribution in [3.8, 4) is 5.75 Å². The maximum atomic E-state index is 11.0. The van der Waals surface area contributed by atoms with Crippen molar-refractivity contribution in [2.75, 3.05) is 0 Å². The molecule has 0 amide bonds. The molecule has 0 aliphatic rings. The second-order valence-corrected chi connectivity index (χ2v) is 6.95. The van der Waals surface area contributed by atoms with Crippen molar-refractivity contribution in [3.63, 3.8) is 0 Å². The molecule has 1 heterocycles. The highest BCUT2D eigenvalue weighted by molar-refractivity contribution is 7.13. The average molecular weight is 305 g/mol. The van der Waals surface area contributed by atoms with E-state index in [0.717, 1.165) is 22.6 Å². The highest BCUT2D eigenvalue weighted by atomic mass is 32.1. The fourth-order valence-corrected chi connectivity index (χ4v) is 2.88. The van der Waals surface area contributed by atoms with Crippen LogP contribution in [0.15, 0.2) is 24.3 Å². The van der Waals surface area contributed by atoms with E-state index in [9.17, 15) is 4.79 Å². The van der Waals surface area contributed by atoms with E-state index < -0.39 is 5.97 Å². The molecule has 1 aromatic carbocycles. The topological polar surface area (TPSA) is 59.4 Å². The number of carbonyl (C=O) groups is 1. The number of thiazole rings is 1. The van der Waals surface area contributed by atoms with E-state index >= 15 is 0 Å². The summed E-state index contributed by atoms with van der Waals surface area (Å²) in [7, 11) is 0. The fraction of sp³-hybridized carbons (Fsp3) is 0.375. The number of carboxylic acids is 1. The number of nitrogens with zero attached hydrogens (tertiary/aromatic N) is 1. The average Bonchev–Trinajstić information content (AvgIpc) is 2.77. The van der Waals surface area contributed by atoms with Gasteiger partial charge in [0, 0.05) is 0 Å². The summed E-state index contributed by atoms with van der Waals surface area (Å²) >= 11 is 1.16. The van der Waals surface area contributed by atoms with Crippen LogP contribution in [0.1, 0.15) is 46.7 Å². The van der Waals surface area contributed by atoms with Crippen LogP contribution in [-0.4, -0.2) is 16.1 Å². The number of hydrogen-bond donors (Lipinski definition) is 1. The maximum absolute atomic E-state index is 11.0. The molecule has 0 unspecified atom stereocenters. The number of aromatic nitrogens is 1. The largest absolute Gasteiger partial charge is 0.486 e. The minimum Gasteiger partial charge on any atom is -0.486 e. The van der Waals surface area contributed by atoms with Gasteiger partial charge < -0.3 is 9.84 Å². The van der Waals surface area contributed by atoms with E-state index in [1.807, 2.05) is 24.3 Å². The third-order valence-electron chi connectivity index (χ3n) is 3.08. The van der Waals surface area contributed by atoms with Gasteiger partial charge in [-0.25, -0.2) is 9.78 Å². The zero-order chi connectivity index (χ0) is 15.6. The number of ether oxygens (including phenoxy) is 1. The highest BCUT2D eigenvalue weighted by Crippen LogP contribution is 2.31. The van der Waals surface area contributed by atoms with Gasteiger partial charge in [0.25, 0.3) is 0 Å². The first kappa shape index (κ1) is 15.5. The van der Waals surface area contributed by atoms with Gasteiger partial charge in [0.05, 0.1) is 5.69 Å². The Balaban J connectivity index is 2.18. The van der Waals surface area contributed by atoms with Crippen molar-refractivity contribution < 1.29 is 14.6 Å². The molecule has 21 heavy (non-hydrogen) atoms. The molecule has 0 saturated carbocycles. The third kappa shape index (κ3) is 3.61. The van der Waals surface area contributed by atoms with Crippen LogP contribution in [0.4, 0.5) is 0 Å². The van der Waals surface area contributed by atoms with Crippen molar-refractivity contribution in [2.24, 2.45) is 0 Å². The van der Waals surface area contributed by atoms with Crippen molar-refractivity contribution in [2.45, 2.75) is 39.7 Å². The van der Waals surface area contributed by atoms with Gasteiger partial charge in [0.15, 0.2) is 0 Å². The third-order valence-corrected chi connectivity index (χ3v) is 4.20. The highest BCUT2D eigenvalue weighted by Gasteiger charge is 2.19. The molecule has 1 aromatic heterocycles. The summed E-state index contributed by atoms with van der Waals surface area (Å²) in [6, 6.07) is 7.90. The number of aromatic carboxylic acids is 1. The molecule has 5 heteroatoms. The lowest BCUT2D eigenvalue weighted by Crippen LogP contribution is -2.13. The van der Waals surface area contributed by atoms with E-state index in [-0.39, 0.29) is 16.9 Å². The van der Waals surface area contributed by atoms with Crippen LogP contribution in [0.3, 0.4) is 0 Å². The van der Waals surface area contributed by atoms with E-state index in [1.54, 1.807) is 6.92 Å². The molecule has 4 nitrogen and oxygen atoms in total. The lowest BCUT2D eigenvalue weighted by atomic mass is 9.86. The number of rotatable bonds is 4. The van der Waals surface area contributed by atoms with Crippen LogP contribution < -0.4 is 4.74 Å². The SMILES string of the molecule is Cc1nc(COc2ccccc2C(C)(C)C)sc1C(=O)O. The van der Waals surface area contributed by atoms with Gasteiger partial charge in [0.2, 0.25) is 0 Å². The second-order valence-electron chi connectivity index (χ2n) is 5.86. The lowest BCUT2D eigenvalue weighted by molar-refractivity contribution is 0.0701. The molecular weight excluding hydrogens is 286 g/mol. The van der Waals surface area contributed by atoms with E-state index in [2.05, 4.69) is 25.8 Å². The van der Waals surface area contributed by atoms with Crippen LogP contribution in [0.5, 0.6) is 5.75 Å². The number of carboxylic acid groups (broad SMARTS) is 1. The Morgan fingerprint density at radius 1 is 1.33 bits per heavy atom. The summed E-state index contributed by atoms with van der Waals surface area (Å²) < 4.78 is 5.85. The zero-order valence-corrected chi connectivity index (χ0v) is 13.5. The van der Waals surface area contributed by atoms with Crippen molar-refractivity contribution in [3.05, 3.63) is 45.4 Å². The summed E-state index contributed by atoms with van der Waals surface area (Å²) in [5, 5.41) is 9.72. The lowest BCUT2D eigenvalue weighted by Gasteiger charge is -2.22. The van der Waals surface area contributed by atoms with Crippen molar-refractivity contribution in [1.82, 2.24) is 4.98 Å². The molecule has 0 saturated heterocycles. The van der Waals surface area contributed by atoms with Gasteiger partial charge >= 0.3 is 5.97 Å². The first-order valence-corrected chi connectivity index (χ1v) is 7.52. The van der Waals surface area contributed by atoms with Gasteiger partial charge in [-0.05, 0) is 24.0 Å². The Morgan fingerprint density at radius 2 is 2.00 bits per heavy atom. The van der Waals surface area contributed by atoms with Gasteiger partial charge in [-0.15, -0.1) is 11.3 Å². The number of aryl methyl sites for hydroxylation is 1. The maximum Gasteiger partial charge on any atom is 0.347 e. The molecule has 0 aliphatic carbocycles. The van der Waals surface area contributed by atoms with Gasteiger partial charge in [0.1, 0.15) is 22.2 Å². The van der Waals surface area contributed by atoms with Crippen LogP contribution in [0.2, 0.25) is 0 Å². The zero-order valence-electron chi connectivity index (χ0n) is 12.6. The van der Waals surface area contributed by atoms with E-state index in [1.165, 1.54) is 0 Å². The van der Waals surface area contributed by atoms with Crippen LogP contribution in [-0.2, 0) is 12.0 Å². The second kappa shape index (κ2) is 5.85. The quantitative estimate of drug-likeness (QED) is 0.926. The molecule has 0 radical (unpaired) electrons. The summed E-state index contributed by atoms with van der Waals surface area (Å²) in [4.78, 5) is 15.6. The predicted molar refractivity (Wildman–Crippen MR) is 83.3 cm³/mol. The van der Waals surface area contributed by atoms with Crippen LogP contribution in [0.25, 0.3) is 0 Å². The van der Waals surface area contributed by atoms with E-state index in [0.29, 0.717) is 10.7 Å². The van der Waals surface area contributed by atoms with Gasteiger partial charge in [-0.2, -0.15) is 0 Å². The van der Waals surface area contributed by atoms with Crippen LogP contribution >= 0.6 is 11.3 Å². The fourth-order valence-electron chi connectivity index (χ4n) is 2.06. The molecule has 0 spiro atoms. The number of para-hydroxylation sites is 1. The van der Waals surface area contributed by atoms with E-state index in [4.69, 9.17) is 9.84 Å². The molecule has 0 aliphatic heterocycles. The number of benzene rings is 1. The molecular formula is C16H19NO3S. The van der Waals surface area contributed by atoms with Crippen molar-refractivity contribution in [1.29, 1.82) is 0 Å². The Morgan fingerprint density at radius 3 is 2.57 bits per heavy atom. The van der Waals surface area contributed by atoms with Crippen molar-refractivity contribution >= 4 is 17.3 Å². The Hall–Kier alpha value is -1.88. The van der Waals surface area contributed by atoms with Gasteiger partial charge in [-0.3, -0.25) is 0 Å². The number of hydrogen-bond acceptors (Lipinski definition) is 4. The Kier molecular flexibility index (Phi) is 4.32. The molecule has 0 atom stereocenters. The normalized spacial score (nSPS) is 11.4. The standard InChI is InChI=1S/C16H19NO3S/c1-10-14(15(18)19)21-13(17-10)9-20-12-8-6-5-7-11(12)16(2,3)4/h5-8H,9H2,1-4H3,(H,18,19). The first-order valence-electron chi connectivity index (χ1n) is 6.71. The predicted octanol–water partition coefficient (Wildman–Crippen LogP) is 4.03. The minimum absolute atomic E-state index is 0.0123. The molecule has 112 valence electrons. The molecule has 2 rings (SSSR count). The van der Waals surface area contributed by atoms with Crippen LogP contribution in [0, 0.1) is 6.92 Å². The van der Waals surface area contributed by atoms with Gasteiger partial charge in [-0.1, -0.05) is 39.0 Å². The summed E-state index contributed by atoms with van der Waals surface area (Å²) in [6.07, 6.45) is 0. The summed E-state index contributed by atoms with van der Waals surface area (Å²) in [5.41, 5.74) is 1.65. The first-order chi connectivity index (χ1) is 9.79. The molecule has 0 bridgehead atoms. The monoisotopic (exact) mass is 305 g/mol. The summed E-state index contributed by atoms with van der Waals surface area (Å²) in [5.74, 6) is -0.124. The minimum atomic E-state index is -0.939.